The smallest absolute Gasteiger partial charge is 0.160 e. The molecule has 3 aromatic heterocycles. The summed E-state index contributed by atoms with van der Waals surface area (Å²) in [5.41, 5.74) is 2.00. The van der Waals surface area contributed by atoms with Crippen molar-refractivity contribution in [2.24, 2.45) is 0 Å². The molecule has 0 spiro atoms. The van der Waals surface area contributed by atoms with Crippen molar-refractivity contribution < 1.29 is 0 Å². The van der Waals surface area contributed by atoms with Gasteiger partial charge in [-0.2, -0.15) is 0 Å². The molecule has 0 bridgehead atoms. The molecule has 5 nitrogen and oxygen atoms in total. The van der Waals surface area contributed by atoms with Gasteiger partial charge in [0.25, 0.3) is 0 Å². The average molecular weight is 287 g/mol. The normalized spacial score (nSPS) is 12.9. The fourth-order valence-electron chi connectivity index (χ4n) is 2.30. The summed E-state index contributed by atoms with van der Waals surface area (Å²) in [6, 6.07) is 6.10. The maximum absolute atomic E-state index is 4.59. The summed E-state index contributed by atoms with van der Waals surface area (Å²) in [6.07, 6.45) is 1.98. The Kier molecular flexibility index (Phi) is 3.50. The predicted molar refractivity (Wildman–Crippen MR) is 79.8 cm³/mol. The van der Waals surface area contributed by atoms with Crippen LogP contribution in [-0.4, -0.2) is 19.6 Å². The van der Waals surface area contributed by atoms with Crippen LogP contribution in [0.25, 0.3) is 5.65 Å². The standard InChI is InChI=1S/C14H17N5S/c1-9(14-10(2)20-11(3)16-14)15-8-13-18-17-12-6-4-5-7-19(12)13/h4-7,9,15H,8H2,1-3H3. The first-order valence-corrected chi connectivity index (χ1v) is 7.43. The maximum Gasteiger partial charge on any atom is 0.160 e. The average Bonchev–Trinajstić information content (AvgIpc) is 2.99. The van der Waals surface area contributed by atoms with Gasteiger partial charge < -0.3 is 5.32 Å². The van der Waals surface area contributed by atoms with Crippen molar-refractivity contribution in [2.45, 2.75) is 33.4 Å². The van der Waals surface area contributed by atoms with Crippen LogP contribution in [-0.2, 0) is 6.54 Å². The fourth-order valence-corrected chi connectivity index (χ4v) is 3.21. The number of aromatic nitrogens is 4. The summed E-state index contributed by atoms with van der Waals surface area (Å²) in [6.45, 7) is 6.96. The van der Waals surface area contributed by atoms with Crippen molar-refractivity contribution in [3.63, 3.8) is 0 Å². The topological polar surface area (TPSA) is 55.1 Å². The van der Waals surface area contributed by atoms with Crippen LogP contribution in [0.3, 0.4) is 0 Å². The second-order valence-corrected chi connectivity index (χ2v) is 6.23. The monoisotopic (exact) mass is 287 g/mol. The van der Waals surface area contributed by atoms with E-state index in [1.807, 2.05) is 35.7 Å². The maximum atomic E-state index is 4.59. The minimum Gasteiger partial charge on any atom is -0.302 e. The number of aryl methyl sites for hydroxylation is 2. The molecule has 1 N–H and O–H groups in total. The molecule has 0 fully saturated rings. The summed E-state index contributed by atoms with van der Waals surface area (Å²) < 4.78 is 2.00. The first-order chi connectivity index (χ1) is 9.65. The molecule has 1 atom stereocenters. The van der Waals surface area contributed by atoms with E-state index in [-0.39, 0.29) is 6.04 Å². The molecule has 6 heteroatoms. The number of nitrogens with one attached hydrogen (secondary N) is 1. The Morgan fingerprint density at radius 2 is 2.15 bits per heavy atom. The van der Waals surface area contributed by atoms with Crippen LogP contribution in [0.4, 0.5) is 0 Å². The second kappa shape index (κ2) is 5.30. The Bertz CT molecular complexity index is 730. The van der Waals surface area contributed by atoms with Crippen molar-refractivity contribution in [3.05, 3.63) is 45.8 Å². The van der Waals surface area contributed by atoms with Gasteiger partial charge in [0.2, 0.25) is 0 Å². The van der Waals surface area contributed by atoms with Gasteiger partial charge in [-0.15, -0.1) is 21.5 Å². The van der Waals surface area contributed by atoms with E-state index >= 15 is 0 Å². The van der Waals surface area contributed by atoms with E-state index in [1.165, 1.54) is 4.88 Å². The lowest BCUT2D eigenvalue weighted by Gasteiger charge is -2.11. The van der Waals surface area contributed by atoms with Gasteiger partial charge in [0.1, 0.15) is 0 Å². The lowest BCUT2D eigenvalue weighted by Crippen LogP contribution is -2.20. The minimum atomic E-state index is 0.205. The molecule has 0 amide bonds. The van der Waals surface area contributed by atoms with Crippen LogP contribution in [0.2, 0.25) is 0 Å². The molecule has 0 aliphatic carbocycles. The van der Waals surface area contributed by atoms with Gasteiger partial charge in [0.15, 0.2) is 11.5 Å². The quantitative estimate of drug-likeness (QED) is 0.801. The zero-order valence-electron chi connectivity index (χ0n) is 11.8. The Labute approximate surface area is 121 Å². The largest absolute Gasteiger partial charge is 0.302 e. The molecule has 3 heterocycles. The van der Waals surface area contributed by atoms with Crippen LogP contribution in [0.5, 0.6) is 0 Å². The van der Waals surface area contributed by atoms with Crippen LogP contribution >= 0.6 is 11.3 Å². The Morgan fingerprint density at radius 3 is 2.90 bits per heavy atom. The van der Waals surface area contributed by atoms with Gasteiger partial charge in [0.05, 0.1) is 17.2 Å². The van der Waals surface area contributed by atoms with E-state index in [4.69, 9.17) is 0 Å². The van der Waals surface area contributed by atoms with Crippen molar-refractivity contribution in [1.82, 2.24) is 24.9 Å². The van der Waals surface area contributed by atoms with Crippen molar-refractivity contribution in [3.8, 4) is 0 Å². The lowest BCUT2D eigenvalue weighted by molar-refractivity contribution is 0.544. The minimum absolute atomic E-state index is 0.205. The number of hydrogen-bond donors (Lipinski definition) is 1. The Hall–Kier alpha value is -1.79. The third-order valence-corrected chi connectivity index (χ3v) is 4.20. The highest BCUT2D eigenvalue weighted by atomic mass is 32.1. The number of hydrogen-bond acceptors (Lipinski definition) is 5. The van der Waals surface area contributed by atoms with Crippen LogP contribution in [0, 0.1) is 13.8 Å². The molecule has 20 heavy (non-hydrogen) atoms. The van der Waals surface area contributed by atoms with Gasteiger partial charge in [-0.3, -0.25) is 4.40 Å². The fraction of sp³-hybridized carbons (Fsp3) is 0.357. The Balaban J connectivity index is 1.74. The highest BCUT2D eigenvalue weighted by molar-refractivity contribution is 7.11. The molecular weight excluding hydrogens is 270 g/mol. The van der Waals surface area contributed by atoms with Crippen LogP contribution in [0.1, 0.15) is 34.4 Å². The van der Waals surface area contributed by atoms with Crippen LogP contribution < -0.4 is 5.32 Å². The SMILES string of the molecule is Cc1nc(C(C)NCc2nnc3ccccn23)c(C)s1. The molecule has 0 aliphatic heterocycles. The highest BCUT2D eigenvalue weighted by Crippen LogP contribution is 2.22. The molecule has 0 saturated heterocycles. The number of rotatable bonds is 4. The van der Waals surface area contributed by atoms with E-state index in [0.717, 1.165) is 22.2 Å². The first kappa shape index (κ1) is 13.2. The zero-order valence-corrected chi connectivity index (χ0v) is 12.6. The van der Waals surface area contributed by atoms with Gasteiger partial charge in [0, 0.05) is 17.1 Å². The first-order valence-electron chi connectivity index (χ1n) is 6.61. The number of fused-ring (bicyclic) bond motifs is 1. The van der Waals surface area contributed by atoms with Crippen LogP contribution in [0.15, 0.2) is 24.4 Å². The Morgan fingerprint density at radius 1 is 1.30 bits per heavy atom. The zero-order chi connectivity index (χ0) is 14.1. The third kappa shape index (κ3) is 2.44. The van der Waals surface area contributed by atoms with Crippen molar-refractivity contribution >= 4 is 17.0 Å². The third-order valence-electron chi connectivity index (χ3n) is 3.30. The van der Waals surface area contributed by atoms with Crippen molar-refractivity contribution in [2.75, 3.05) is 0 Å². The van der Waals surface area contributed by atoms with E-state index in [0.29, 0.717) is 6.54 Å². The summed E-state index contributed by atoms with van der Waals surface area (Å²) >= 11 is 1.74. The summed E-state index contributed by atoms with van der Waals surface area (Å²) in [4.78, 5) is 5.86. The van der Waals surface area contributed by atoms with E-state index in [1.54, 1.807) is 11.3 Å². The molecule has 0 radical (unpaired) electrons. The molecule has 0 saturated carbocycles. The summed E-state index contributed by atoms with van der Waals surface area (Å²) in [5.74, 6) is 0.914. The van der Waals surface area contributed by atoms with Gasteiger partial charge in [-0.05, 0) is 32.9 Å². The molecule has 0 aromatic carbocycles. The van der Waals surface area contributed by atoms with E-state index in [2.05, 4.69) is 34.3 Å². The van der Waals surface area contributed by atoms with Crippen molar-refractivity contribution in [1.29, 1.82) is 0 Å². The molecule has 1 unspecified atom stereocenters. The van der Waals surface area contributed by atoms with Gasteiger partial charge >= 0.3 is 0 Å². The molecule has 3 aromatic rings. The van der Waals surface area contributed by atoms with Gasteiger partial charge in [-0.25, -0.2) is 4.98 Å². The summed E-state index contributed by atoms with van der Waals surface area (Å²) in [7, 11) is 0. The molecular formula is C14H17N5S. The second-order valence-electron chi connectivity index (χ2n) is 4.82. The summed E-state index contributed by atoms with van der Waals surface area (Å²) in [5, 5.41) is 13.0. The number of nitrogens with zero attached hydrogens (tertiary/aromatic N) is 4. The van der Waals surface area contributed by atoms with E-state index < -0.39 is 0 Å². The predicted octanol–water partition coefficient (Wildman–Crippen LogP) is 2.65. The van der Waals surface area contributed by atoms with E-state index in [9.17, 15) is 0 Å². The number of pyridine rings is 1. The molecule has 0 aliphatic rings. The van der Waals surface area contributed by atoms with Gasteiger partial charge in [-0.1, -0.05) is 6.07 Å². The lowest BCUT2D eigenvalue weighted by atomic mass is 10.2. The molecule has 3 rings (SSSR count). The highest BCUT2D eigenvalue weighted by Gasteiger charge is 2.13. The number of thiazole rings is 1. The molecule has 104 valence electrons.